The van der Waals surface area contributed by atoms with Crippen molar-refractivity contribution < 1.29 is 5.11 Å². The van der Waals surface area contributed by atoms with Crippen LogP contribution in [0.2, 0.25) is 0 Å². The Morgan fingerprint density at radius 3 is 2.50 bits per heavy atom. The van der Waals surface area contributed by atoms with E-state index in [0.717, 1.165) is 13.0 Å². The van der Waals surface area contributed by atoms with Gasteiger partial charge in [-0.15, -0.1) is 0 Å². The topological polar surface area (TPSA) is 32.3 Å². The number of rotatable bonds is 6. The molecule has 0 aliphatic carbocycles. The van der Waals surface area contributed by atoms with Crippen molar-refractivity contribution in [3.05, 3.63) is 34.9 Å². The van der Waals surface area contributed by atoms with Crippen molar-refractivity contribution in [1.29, 1.82) is 0 Å². The summed E-state index contributed by atoms with van der Waals surface area (Å²) in [6.07, 6.45) is 0.833. The molecule has 0 aliphatic rings. The van der Waals surface area contributed by atoms with Crippen LogP contribution in [-0.2, 0) is 0 Å². The molecule has 102 valence electrons. The van der Waals surface area contributed by atoms with Crippen LogP contribution < -0.4 is 5.32 Å². The average molecular weight is 249 g/mol. The fraction of sp³-hybridized carbons (Fsp3) is 0.625. The molecular weight excluding hydrogens is 222 g/mol. The molecule has 0 heterocycles. The van der Waals surface area contributed by atoms with Gasteiger partial charge in [-0.3, -0.25) is 0 Å². The number of aryl methyl sites for hydroxylation is 2. The molecule has 2 nitrogen and oxygen atoms in total. The standard InChI is InChI=1S/C16H27NO/c1-12-6-7-15(13(2)10-12)14(3)17-11-16(4,5)8-9-18/h6-7,10,14,17-18H,8-9,11H2,1-5H3. The first-order valence-corrected chi connectivity index (χ1v) is 6.77. The SMILES string of the molecule is Cc1ccc(C(C)NCC(C)(C)CCO)c(C)c1. The summed E-state index contributed by atoms with van der Waals surface area (Å²) in [6.45, 7) is 12.0. The first kappa shape index (κ1) is 15.2. The number of hydrogen-bond acceptors (Lipinski definition) is 2. The molecule has 1 atom stereocenters. The molecule has 1 aromatic carbocycles. The molecule has 1 rings (SSSR count). The summed E-state index contributed by atoms with van der Waals surface area (Å²) in [7, 11) is 0. The molecular formula is C16H27NO. The van der Waals surface area contributed by atoms with Crippen LogP contribution in [0.5, 0.6) is 0 Å². The van der Waals surface area contributed by atoms with Gasteiger partial charge in [0.15, 0.2) is 0 Å². The Balaban J connectivity index is 2.63. The van der Waals surface area contributed by atoms with Crippen LogP contribution in [-0.4, -0.2) is 18.3 Å². The maximum absolute atomic E-state index is 9.03. The first-order chi connectivity index (χ1) is 8.35. The third kappa shape index (κ3) is 4.43. The van der Waals surface area contributed by atoms with Crippen molar-refractivity contribution in [3.63, 3.8) is 0 Å². The smallest absolute Gasteiger partial charge is 0.0436 e. The number of benzene rings is 1. The zero-order valence-electron chi connectivity index (χ0n) is 12.4. The van der Waals surface area contributed by atoms with Gasteiger partial charge in [0.25, 0.3) is 0 Å². The highest BCUT2D eigenvalue weighted by molar-refractivity contribution is 5.32. The second-order valence-corrected chi connectivity index (χ2v) is 6.10. The molecule has 0 fully saturated rings. The number of nitrogens with one attached hydrogen (secondary N) is 1. The van der Waals surface area contributed by atoms with Crippen LogP contribution in [0.3, 0.4) is 0 Å². The third-order valence-corrected chi connectivity index (χ3v) is 3.57. The van der Waals surface area contributed by atoms with Gasteiger partial charge in [0, 0.05) is 19.2 Å². The number of hydrogen-bond donors (Lipinski definition) is 2. The minimum atomic E-state index is 0.140. The lowest BCUT2D eigenvalue weighted by atomic mass is 9.89. The predicted octanol–water partition coefficient (Wildman–Crippen LogP) is 3.36. The minimum absolute atomic E-state index is 0.140. The lowest BCUT2D eigenvalue weighted by Gasteiger charge is -2.27. The summed E-state index contributed by atoms with van der Waals surface area (Å²) in [6, 6.07) is 6.95. The van der Waals surface area contributed by atoms with E-state index in [9.17, 15) is 0 Å². The summed E-state index contributed by atoms with van der Waals surface area (Å²) in [4.78, 5) is 0. The van der Waals surface area contributed by atoms with E-state index in [0.29, 0.717) is 6.04 Å². The lowest BCUT2D eigenvalue weighted by Crippen LogP contribution is -2.32. The van der Waals surface area contributed by atoms with E-state index in [-0.39, 0.29) is 12.0 Å². The van der Waals surface area contributed by atoms with Gasteiger partial charge in [0.2, 0.25) is 0 Å². The summed E-state index contributed by atoms with van der Waals surface area (Å²) >= 11 is 0. The molecule has 2 N–H and O–H groups in total. The zero-order chi connectivity index (χ0) is 13.8. The molecule has 18 heavy (non-hydrogen) atoms. The maximum Gasteiger partial charge on any atom is 0.0436 e. The van der Waals surface area contributed by atoms with Crippen molar-refractivity contribution in [1.82, 2.24) is 5.32 Å². The Hall–Kier alpha value is -0.860. The van der Waals surface area contributed by atoms with Crippen molar-refractivity contribution in [2.45, 2.75) is 47.1 Å². The van der Waals surface area contributed by atoms with Crippen LogP contribution in [0.25, 0.3) is 0 Å². The second-order valence-electron chi connectivity index (χ2n) is 6.10. The normalized spacial score (nSPS) is 13.7. The minimum Gasteiger partial charge on any atom is -0.396 e. The maximum atomic E-state index is 9.03. The summed E-state index contributed by atoms with van der Waals surface area (Å²) in [5, 5.41) is 12.6. The van der Waals surface area contributed by atoms with Crippen molar-refractivity contribution in [2.24, 2.45) is 5.41 Å². The van der Waals surface area contributed by atoms with E-state index in [4.69, 9.17) is 5.11 Å². The Labute approximate surface area is 111 Å². The van der Waals surface area contributed by atoms with Gasteiger partial charge in [-0.25, -0.2) is 0 Å². The molecule has 0 bridgehead atoms. The van der Waals surface area contributed by atoms with Crippen molar-refractivity contribution in [2.75, 3.05) is 13.2 Å². The lowest BCUT2D eigenvalue weighted by molar-refractivity contribution is 0.203. The molecule has 2 heteroatoms. The Morgan fingerprint density at radius 1 is 1.28 bits per heavy atom. The fourth-order valence-corrected chi connectivity index (χ4v) is 2.24. The zero-order valence-corrected chi connectivity index (χ0v) is 12.4. The van der Waals surface area contributed by atoms with Crippen LogP contribution in [0, 0.1) is 19.3 Å². The molecule has 0 spiro atoms. The highest BCUT2D eigenvalue weighted by atomic mass is 16.3. The van der Waals surface area contributed by atoms with Crippen LogP contribution in [0.1, 0.15) is 49.9 Å². The molecule has 0 radical (unpaired) electrons. The third-order valence-electron chi connectivity index (χ3n) is 3.57. The first-order valence-electron chi connectivity index (χ1n) is 6.77. The summed E-state index contributed by atoms with van der Waals surface area (Å²) in [5.74, 6) is 0. The van der Waals surface area contributed by atoms with Gasteiger partial charge >= 0.3 is 0 Å². The highest BCUT2D eigenvalue weighted by Gasteiger charge is 2.18. The number of aliphatic hydroxyl groups excluding tert-OH is 1. The van der Waals surface area contributed by atoms with Crippen LogP contribution in [0.4, 0.5) is 0 Å². The van der Waals surface area contributed by atoms with E-state index in [1.165, 1.54) is 16.7 Å². The second kappa shape index (κ2) is 6.35. The van der Waals surface area contributed by atoms with E-state index < -0.39 is 0 Å². The van der Waals surface area contributed by atoms with Gasteiger partial charge < -0.3 is 10.4 Å². The monoisotopic (exact) mass is 249 g/mol. The van der Waals surface area contributed by atoms with Crippen molar-refractivity contribution in [3.8, 4) is 0 Å². The molecule has 0 saturated heterocycles. The van der Waals surface area contributed by atoms with E-state index in [1.807, 2.05) is 0 Å². The Morgan fingerprint density at radius 2 is 1.94 bits per heavy atom. The van der Waals surface area contributed by atoms with E-state index in [2.05, 4.69) is 58.1 Å². The van der Waals surface area contributed by atoms with Gasteiger partial charge in [-0.05, 0) is 43.7 Å². The Bertz CT molecular complexity index is 385. The molecule has 1 unspecified atom stereocenters. The van der Waals surface area contributed by atoms with Crippen molar-refractivity contribution >= 4 is 0 Å². The summed E-state index contributed by atoms with van der Waals surface area (Å²) < 4.78 is 0. The Kier molecular flexibility index (Phi) is 5.36. The summed E-state index contributed by atoms with van der Waals surface area (Å²) in [5.41, 5.74) is 4.15. The highest BCUT2D eigenvalue weighted by Crippen LogP contribution is 2.22. The van der Waals surface area contributed by atoms with Gasteiger partial charge in [0.05, 0.1) is 0 Å². The van der Waals surface area contributed by atoms with Gasteiger partial charge in [-0.2, -0.15) is 0 Å². The molecule has 0 aromatic heterocycles. The average Bonchev–Trinajstić information content (AvgIpc) is 2.26. The molecule has 1 aromatic rings. The number of aliphatic hydroxyl groups is 1. The van der Waals surface area contributed by atoms with E-state index >= 15 is 0 Å². The van der Waals surface area contributed by atoms with Gasteiger partial charge in [-0.1, -0.05) is 37.6 Å². The van der Waals surface area contributed by atoms with E-state index in [1.54, 1.807) is 0 Å². The fourth-order valence-electron chi connectivity index (χ4n) is 2.24. The molecule has 0 aliphatic heterocycles. The molecule has 0 amide bonds. The van der Waals surface area contributed by atoms with Gasteiger partial charge in [0.1, 0.15) is 0 Å². The predicted molar refractivity (Wildman–Crippen MR) is 77.8 cm³/mol. The largest absolute Gasteiger partial charge is 0.396 e. The van der Waals surface area contributed by atoms with Crippen LogP contribution in [0.15, 0.2) is 18.2 Å². The molecule has 0 saturated carbocycles. The quantitative estimate of drug-likeness (QED) is 0.810. The van der Waals surface area contributed by atoms with Crippen LogP contribution >= 0.6 is 0 Å².